The van der Waals surface area contributed by atoms with Crippen LogP contribution in [0.25, 0.3) is 0 Å². The summed E-state index contributed by atoms with van der Waals surface area (Å²) >= 11 is 0. The molecule has 10 heteroatoms. The highest BCUT2D eigenvalue weighted by Gasteiger charge is 2.33. The van der Waals surface area contributed by atoms with E-state index in [1.807, 2.05) is 0 Å². The summed E-state index contributed by atoms with van der Waals surface area (Å²) in [5.74, 6) is -1.02. The Balaban J connectivity index is 2.49. The van der Waals surface area contributed by atoms with Crippen molar-refractivity contribution >= 4 is 27.2 Å². The van der Waals surface area contributed by atoms with E-state index in [1.165, 1.54) is 38.2 Å². The van der Waals surface area contributed by atoms with Gasteiger partial charge in [-0.05, 0) is 34.2 Å². The molecule has 9 nitrogen and oxygen atoms in total. The van der Waals surface area contributed by atoms with E-state index >= 15 is 0 Å². The Morgan fingerprint density at radius 2 is 1.91 bits per heavy atom. The predicted octanol–water partition coefficient (Wildman–Crippen LogP) is 1.12. The molecule has 0 saturated carbocycles. The van der Waals surface area contributed by atoms with Gasteiger partial charge in [0.05, 0.1) is 4.90 Å². The van der Waals surface area contributed by atoms with Gasteiger partial charge in [0.1, 0.15) is 0 Å². The van der Waals surface area contributed by atoms with Gasteiger partial charge in [0.15, 0.2) is 0 Å². The number of carbonyl (C=O) groups excluding carboxylic acids is 1. The van der Waals surface area contributed by atoms with Crippen LogP contribution in [0, 0.1) is 10.1 Å². The third kappa shape index (κ3) is 2.81. The number of hydrogen-bond acceptors (Lipinski definition) is 6. The van der Waals surface area contributed by atoms with Crippen molar-refractivity contribution in [2.24, 2.45) is 7.05 Å². The average molecular weight is 324 g/mol. The van der Waals surface area contributed by atoms with Crippen molar-refractivity contribution < 1.29 is 18.1 Å². The zero-order chi connectivity index (χ0) is 16.5. The van der Waals surface area contributed by atoms with Crippen molar-refractivity contribution in [1.29, 1.82) is 0 Å². The maximum absolute atomic E-state index is 12.5. The molecule has 22 heavy (non-hydrogen) atoms. The summed E-state index contributed by atoms with van der Waals surface area (Å²) in [7, 11) is -2.74. The molecule has 0 aliphatic carbocycles. The fourth-order valence-corrected chi connectivity index (χ4v) is 3.39. The van der Waals surface area contributed by atoms with Crippen LogP contribution in [-0.4, -0.2) is 28.8 Å². The lowest BCUT2D eigenvalue weighted by atomic mass is 10.3. The fourth-order valence-electron chi connectivity index (χ4n) is 1.87. The highest BCUT2D eigenvalue weighted by Crippen LogP contribution is 2.28. The molecule has 0 saturated heterocycles. The molecular weight excluding hydrogens is 312 g/mol. The van der Waals surface area contributed by atoms with Crippen LogP contribution in [-0.2, 0) is 21.7 Å². The minimum atomic E-state index is -4.10. The highest BCUT2D eigenvalue weighted by molar-refractivity contribution is 7.91. The van der Waals surface area contributed by atoms with Crippen molar-refractivity contribution in [3.05, 3.63) is 40.7 Å². The van der Waals surface area contributed by atoms with Crippen molar-refractivity contribution in [3.8, 4) is 0 Å². The third-order valence-electron chi connectivity index (χ3n) is 2.78. The van der Waals surface area contributed by atoms with Gasteiger partial charge in [0.25, 0.3) is 0 Å². The number of amides is 1. The van der Waals surface area contributed by atoms with E-state index < -0.39 is 25.6 Å². The van der Waals surface area contributed by atoms with Crippen LogP contribution < -0.4 is 5.32 Å². The van der Waals surface area contributed by atoms with Gasteiger partial charge < -0.3 is 15.4 Å². The maximum atomic E-state index is 12.5. The summed E-state index contributed by atoms with van der Waals surface area (Å²) < 4.78 is 26.1. The first-order valence-electron chi connectivity index (χ1n) is 6.02. The summed E-state index contributed by atoms with van der Waals surface area (Å²) in [6.45, 7) is 1.32. The topological polar surface area (TPSA) is 124 Å². The van der Waals surface area contributed by atoms with Gasteiger partial charge in [0, 0.05) is 19.7 Å². The highest BCUT2D eigenvalue weighted by atomic mass is 32.2. The van der Waals surface area contributed by atoms with Crippen LogP contribution in [0.5, 0.6) is 0 Å². The number of sulfone groups is 1. The second-order valence-corrected chi connectivity index (χ2v) is 6.32. The number of nitrogens with zero attached hydrogens (tertiary/aromatic N) is 3. The summed E-state index contributed by atoms with van der Waals surface area (Å²) in [5, 5.41) is 12.9. The Bertz CT molecular complexity index is 839. The maximum Gasteiger partial charge on any atom is 0.401 e. The van der Waals surface area contributed by atoms with Gasteiger partial charge in [-0.25, -0.2) is 8.42 Å². The molecule has 1 aromatic carbocycles. The monoisotopic (exact) mass is 324 g/mol. The molecule has 0 aliphatic rings. The van der Waals surface area contributed by atoms with Crippen molar-refractivity contribution in [2.75, 3.05) is 5.32 Å². The number of carbonyl (C=O) groups is 1. The summed E-state index contributed by atoms with van der Waals surface area (Å²) in [4.78, 5) is 24.3. The number of nitro groups is 1. The number of imidazole rings is 1. The zero-order valence-electron chi connectivity index (χ0n) is 11.7. The van der Waals surface area contributed by atoms with Crippen molar-refractivity contribution in [1.82, 2.24) is 9.55 Å². The van der Waals surface area contributed by atoms with Crippen LogP contribution in [0.3, 0.4) is 0 Å². The van der Waals surface area contributed by atoms with Crippen LogP contribution in [0.2, 0.25) is 0 Å². The molecular formula is C12H12N4O5S. The first-order valence-corrected chi connectivity index (χ1v) is 7.50. The van der Waals surface area contributed by atoms with E-state index in [0.717, 1.165) is 10.9 Å². The molecule has 0 atom stereocenters. The first kappa shape index (κ1) is 15.6. The van der Waals surface area contributed by atoms with Gasteiger partial charge >= 0.3 is 5.82 Å². The smallest absolute Gasteiger partial charge is 0.358 e. The average Bonchev–Trinajstić information content (AvgIpc) is 2.81. The molecule has 1 amide bonds. The number of aryl methyl sites for hydroxylation is 1. The van der Waals surface area contributed by atoms with Crippen LogP contribution >= 0.6 is 0 Å². The normalized spacial score (nSPS) is 11.2. The number of anilines is 1. The largest absolute Gasteiger partial charge is 0.401 e. The number of rotatable bonds is 4. The van der Waals surface area contributed by atoms with Crippen LogP contribution in [0.1, 0.15) is 6.92 Å². The molecule has 1 N–H and O–H groups in total. The number of nitrogens with one attached hydrogen (secondary N) is 1. The van der Waals surface area contributed by atoms with Crippen LogP contribution in [0.15, 0.2) is 40.5 Å². The Hall–Kier alpha value is -2.75. The Morgan fingerprint density at radius 3 is 2.41 bits per heavy atom. The summed E-state index contributed by atoms with van der Waals surface area (Å²) in [6.07, 6.45) is 1.07. The quantitative estimate of drug-likeness (QED) is 0.663. The molecule has 1 heterocycles. The standard InChI is InChI=1S/C12H12N4O5S/c1-8(17)14-9-3-5-10(6-4-9)22(20,21)12-11(16(18)19)13-7-15(12)2/h3-7H,1-2H3,(H,14,17). The van der Waals surface area contributed by atoms with Crippen LogP contribution in [0.4, 0.5) is 11.5 Å². The van der Waals surface area contributed by atoms with Gasteiger partial charge in [-0.1, -0.05) is 0 Å². The second-order valence-electron chi connectivity index (χ2n) is 4.45. The molecule has 0 radical (unpaired) electrons. The van der Waals surface area contributed by atoms with E-state index in [9.17, 15) is 23.3 Å². The van der Waals surface area contributed by atoms with E-state index in [0.29, 0.717) is 5.69 Å². The molecule has 2 aromatic rings. The number of hydrogen-bond donors (Lipinski definition) is 1. The fraction of sp³-hybridized carbons (Fsp3) is 0.167. The minimum absolute atomic E-state index is 0.131. The van der Waals surface area contributed by atoms with Crippen molar-refractivity contribution in [2.45, 2.75) is 16.8 Å². The molecule has 116 valence electrons. The number of aromatic nitrogens is 2. The van der Waals surface area contributed by atoms with Gasteiger partial charge in [-0.3, -0.25) is 9.36 Å². The lowest BCUT2D eigenvalue weighted by molar-refractivity contribution is -0.392. The van der Waals surface area contributed by atoms with E-state index in [4.69, 9.17) is 0 Å². The molecule has 0 fully saturated rings. The molecule has 0 unspecified atom stereocenters. The van der Waals surface area contributed by atoms with Gasteiger partial charge in [-0.15, -0.1) is 0 Å². The lowest BCUT2D eigenvalue weighted by Crippen LogP contribution is -2.10. The Kier molecular flexibility index (Phi) is 3.95. The summed E-state index contributed by atoms with van der Waals surface area (Å²) in [6, 6.07) is 5.32. The SMILES string of the molecule is CC(=O)Nc1ccc(S(=O)(=O)c2c([N+](=O)[O-])ncn2C)cc1. The molecule has 0 aliphatic heterocycles. The molecule has 0 bridgehead atoms. The van der Waals surface area contributed by atoms with Gasteiger partial charge in [0.2, 0.25) is 27.1 Å². The second kappa shape index (κ2) is 5.56. The van der Waals surface area contributed by atoms with E-state index in [1.54, 1.807) is 0 Å². The van der Waals surface area contributed by atoms with E-state index in [-0.39, 0.29) is 10.8 Å². The summed E-state index contributed by atoms with van der Waals surface area (Å²) in [5.41, 5.74) is 0.422. The third-order valence-corrected chi connectivity index (χ3v) is 4.65. The molecule has 0 spiro atoms. The molecule has 2 rings (SSSR count). The number of benzene rings is 1. The van der Waals surface area contributed by atoms with E-state index in [2.05, 4.69) is 10.3 Å². The van der Waals surface area contributed by atoms with Crippen molar-refractivity contribution in [3.63, 3.8) is 0 Å². The predicted molar refractivity (Wildman–Crippen MR) is 76.1 cm³/mol. The zero-order valence-corrected chi connectivity index (χ0v) is 12.5. The molecule has 1 aromatic heterocycles. The lowest BCUT2D eigenvalue weighted by Gasteiger charge is -2.06. The Labute approximate surface area is 125 Å². The minimum Gasteiger partial charge on any atom is -0.358 e. The first-order chi connectivity index (χ1) is 10.2. The van der Waals surface area contributed by atoms with Gasteiger partial charge in [-0.2, -0.15) is 0 Å². The Morgan fingerprint density at radius 1 is 1.32 bits per heavy atom.